The summed E-state index contributed by atoms with van der Waals surface area (Å²) in [6, 6.07) is 0. The number of rotatable bonds is 3. The third-order valence-electron chi connectivity index (χ3n) is 1.54. The number of aliphatic hydroxyl groups is 3. The van der Waals surface area contributed by atoms with Crippen LogP contribution in [0.2, 0.25) is 0 Å². The lowest BCUT2D eigenvalue weighted by Gasteiger charge is -1.95. The molecule has 0 saturated carbocycles. The van der Waals surface area contributed by atoms with E-state index in [1.807, 2.05) is 0 Å². The van der Waals surface area contributed by atoms with Gasteiger partial charge in [-0.15, -0.1) is 0 Å². The minimum atomic E-state index is -0.200. The molecule has 1 aromatic heterocycles. The van der Waals surface area contributed by atoms with Gasteiger partial charge in [-0.25, -0.2) is 9.13 Å². The van der Waals surface area contributed by atoms with E-state index >= 15 is 0 Å². The van der Waals surface area contributed by atoms with Crippen molar-refractivity contribution in [2.45, 2.75) is 20.1 Å². The van der Waals surface area contributed by atoms with Crippen LogP contribution in [0.1, 0.15) is 5.82 Å². The van der Waals surface area contributed by atoms with Gasteiger partial charge < -0.3 is 15.3 Å². The van der Waals surface area contributed by atoms with Crippen molar-refractivity contribution >= 4 is 0 Å². The Labute approximate surface area is 63.8 Å². The van der Waals surface area contributed by atoms with Gasteiger partial charge >= 0.3 is 0 Å². The molecule has 5 heteroatoms. The molecule has 0 spiro atoms. The van der Waals surface area contributed by atoms with Crippen molar-refractivity contribution in [3.63, 3.8) is 0 Å². The first-order chi connectivity index (χ1) is 5.33. The number of imidazole rings is 1. The van der Waals surface area contributed by atoms with Crippen LogP contribution in [0.15, 0.2) is 12.4 Å². The monoisotopic (exact) mass is 159 g/mol. The molecule has 1 rings (SSSR count). The predicted octanol–water partition coefficient (Wildman–Crippen LogP) is -1.83. The fraction of sp³-hybridized carbons (Fsp3) is 0.500. The number of nitrogens with zero attached hydrogens (tertiary/aromatic N) is 2. The molecule has 62 valence electrons. The van der Waals surface area contributed by atoms with Crippen LogP contribution in [0.25, 0.3) is 0 Å². The molecule has 0 atom stereocenters. The Hall–Kier alpha value is -0.910. The maximum absolute atomic E-state index is 8.79. The quantitative estimate of drug-likeness (QED) is 0.454. The van der Waals surface area contributed by atoms with Gasteiger partial charge in [0.15, 0.2) is 13.5 Å². The molecule has 0 bridgehead atoms. The molecule has 11 heavy (non-hydrogen) atoms. The van der Waals surface area contributed by atoms with Crippen LogP contribution in [0.5, 0.6) is 0 Å². The second-order valence-corrected chi connectivity index (χ2v) is 2.09. The van der Waals surface area contributed by atoms with Crippen LogP contribution in [0.4, 0.5) is 0 Å². The Bertz CT molecular complexity index is 212. The summed E-state index contributed by atoms with van der Waals surface area (Å²) in [7, 11) is 0. The van der Waals surface area contributed by atoms with E-state index in [0.29, 0.717) is 5.82 Å². The molecular weight excluding hydrogens is 148 g/mol. The van der Waals surface area contributed by atoms with Crippen molar-refractivity contribution in [2.24, 2.45) is 0 Å². The topological polar surface area (TPSA) is 69.5 Å². The zero-order valence-electron chi connectivity index (χ0n) is 6.01. The number of hydrogen-bond acceptors (Lipinski definition) is 3. The van der Waals surface area contributed by atoms with E-state index in [1.165, 1.54) is 9.13 Å². The van der Waals surface area contributed by atoms with Gasteiger partial charge in [-0.05, 0) is 0 Å². The highest BCUT2D eigenvalue weighted by Crippen LogP contribution is 1.93. The van der Waals surface area contributed by atoms with Crippen LogP contribution < -0.4 is 4.57 Å². The van der Waals surface area contributed by atoms with Gasteiger partial charge in [0.05, 0.1) is 0 Å². The maximum atomic E-state index is 8.79. The number of hydrogen-bond donors (Lipinski definition) is 3. The first-order valence-corrected chi connectivity index (χ1v) is 3.23. The number of aliphatic hydroxyl groups excluding tert-OH is 3. The van der Waals surface area contributed by atoms with E-state index in [4.69, 9.17) is 15.3 Å². The van der Waals surface area contributed by atoms with Crippen molar-refractivity contribution < 1.29 is 19.9 Å². The zero-order valence-corrected chi connectivity index (χ0v) is 6.01. The summed E-state index contributed by atoms with van der Waals surface area (Å²) >= 11 is 0. The van der Waals surface area contributed by atoms with E-state index in [0.717, 1.165) is 0 Å². The Morgan fingerprint density at radius 2 is 2.09 bits per heavy atom. The molecule has 0 aliphatic heterocycles. The molecule has 1 heterocycles. The summed E-state index contributed by atoms with van der Waals surface area (Å²) < 4.78 is 2.88. The van der Waals surface area contributed by atoms with Crippen LogP contribution in [-0.2, 0) is 20.1 Å². The third-order valence-corrected chi connectivity index (χ3v) is 1.54. The van der Waals surface area contributed by atoms with Gasteiger partial charge in [0.25, 0.3) is 5.82 Å². The lowest BCUT2D eigenvalue weighted by molar-refractivity contribution is -0.737. The normalized spacial score (nSPS) is 10.5. The minimum absolute atomic E-state index is 0.192. The van der Waals surface area contributed by atoms with Gasteiger partial charge in [0.2, 0.25) is 0 Å². The molecule has 0 unspecified atom stereocenters. The molecular formula is C6H11N2O3+. The Morgan fingerprint density at radius 3 is 2.55 bits per heavy atom. The molecule has 0 radical (unpaired) electrons. The van der Waals surface area contributed by atoms with Crippen LogP contribution in [0, 0.1) is 0 Å². The fourth-order valence-corrected chi connectivity index (χ4v) is 0.937. The maximum Gasteiger partial charge on any atom is 0.286 e. The second kappa shape index (κ2) is 3.47. The van der Waals surface area contributed by atoms with Crippen LogP contribution >= 0.6 is 0 Å². The Kier molecular flexibility index (Phi) is 2.58. The third kappa shape index (κ3) is 1.40. The van der Waals surface area contributed by atoms with Crippen molar-refractivity contribution in [1.29, 1.82) is 0 Å². The van der Waals surface area contributed by atoms with Crippen LogP contribution in [0.3, 0.4) is 0 Å². The highest BCUT2D eigenvalue weighted by molar-refractivity contribution is 4.79. The molecule has 0 fully saturated rings. The summed E-state index contributed by atoms with van der Waals surface area (Å²) in [5, 5.41) is 26.2. The SMILES string of the molecule is OCc1n(CO)cc[n+]1CO. The Balaban J connectivity index is 2.99. The van der Waals surface area contributed by atoms with Gasteiger partial charge in [0.1, 0.15) is 19.0 Å². The second-order valence-electron chi connectivity index (χ2n) is 2.09. The van der Waals surface area contributed by atoms with Gasteiger partial charge in [-0.3, -0.25) is 0 Å². The van der Waals surface area contributed by atoms with Gasteiger partial charge in [-0.1, -0.05) is 0 Å². The van der Waals surface area contributed by atoms with E-state index in [9.17, 15) is 0 Å². The molecule has 0 aromatic carbocycles. The largest absolute Gasteiger partial charge is 0.384 e. The van der Waals surface area contributed by atoms with Crippen molar-refractivity contribution in [2.75, 3.05) is 0 Å². The average Bonchev–Trinajstić information content (AvgIpc) is 2.45. The summed E-state index contributed by atoms with van der Waals surface area (Å²) in [5.41, 5.74) is 0. The lowest BCUT2D eigenvalue weighted by Crippen LogP contribution is -2.37. The van der Waals surface area contributed by atoms with Crippen molar-refractivity contribution in [3.8, 4) is 0 Å². The minimum Gasteiger partial charge on any atom is -0.384 e. The van der Waals surface area contributed by atoms with Crippen molar-refractivity contribution in [3.05, 3.63) is 18.2 Å². The first kappa shape index (κ1) is 8.19. The first-order valence-electron chi connectivity index (χ1n) is 3.23. The summed E-state index contributed by atoms with van der Waals surface area (Å²) in [4.78, 5) is 0. The average molecular weight is 159 g/mol. The summed E-state index contributed by atoms with van der Waals surface area (Å²) in [6.45, 7) is -0.583. The summed E-state index contributed by atoms with van der Waals surface area (Å²) in [5.74, 6) is 0.481. The molecule has 0 aliphatic carbocycles. The summed E-state index contributed by atoms with van der Waals surface area (Å²) in [6.07, 6.45) is 3.17. The fourth-order valence-electron chi connectivity index (χ4n) is 0.937. The lowest BCUT2D eigenvalue weighted by atomic mass is 10.6. The molecule has 3 N–H and O–H groups in total. The molecule has 0 aliphatic rings. The standard InChI is InChI=1S/C6H11N2O3/c9-3-6-7(4-10)1-2-8(6)5-11/h1-2,9-11H,3-5H2/q+1. The highest BCUT2D eigenvalue weighted by atomic mass is 16.3. The van der Waals surface area contributed by atoms with Crippen molar-refractivity contribution in [1.82, 2.24) is 4.57 Å². The Morgan fingerprint density at radius 1 is 1.36 bits per heavy atom. The molecule has 0 amide bonds. The number of aromatic nitrogens is 2. The molecule has 5 nitrogen and oxygen atoms in total. The van der Waals surface area contributed by atoms with E-state index in [1.54, 1.807) is 12.4 Å². The van der Waals surface area contributed by atoms with Crippen LogP contribution in [-0.4, -0.2) is 19.9 Å². The van der Waals surface area contributed by atoms with Gasteiger partial charge in [-0.2, -0.15) is 0 Å². The van der Waals surface area contributed by atoms with Gasteiger partial charge in [0, 0.05) is 0 Å². The smallest absolute Gasteiger partial charge is 0.286 e. The zero-order chi connectivity index (χ0) is 8.27. The van der Waals surface area contributed by atoms with E-state index in [2.05, 4.69) is 0 Å². The molecule has 1 aromatic rings. The van der Waals surface area contributed by atoms with E-state index < -0.39 is 0 Å². The van der Waals surface area contributed by atoms with E-state index in [-0.39, 0.29) is 20.1 Å². The molecule has 0 saturated heterocycles. The predicted molar refractivity (Wildman–Crippen MR) is 35.0 cm³/mol. The highest BCUT2D eigenvalue weighted by Gasteiger charge is 2.13.